The standard InChI is InChI=1S/C17H27ClN4OS.HI/c1-19-17(20-10-14(23)15-6-7-16(18)24-15)21-11-8-12-4-3-5-13(9-11)22(12)2;/h6-7,11-14,23H,3-5,8-10H2,1-2H3,(H2,19,20,21);1H. The van der Waals surface area contributed by atoms with Gasteiger partial charge in [-0.15, -0.1) is 35.3 Å². The molecule has 1 aromatic heterocycles. The molecular weight excluding hydrogens is 471 g/mol. The first kappa shape index (κ1) is 21.2. The van der Waals surface area contributed by atoms with Crippen molar-refractivity contribution in [3.05, 3.63) is 21.3 Å². The number of halogens is 2. The van der Waals surface area contributed by atoms with E-state index in [1.807, 2.05) is 12.1 Å². The van der Waals surface area contributed by atoms with Gasteiger partial charge in [0.05, 0.1) is 4.34 Å². The lowest BCUT2D eigenvalue weighted by molar-refractivity contribution is 0.0526. The first-order valence-corrected chi connectivity index (χ1v) is 9.88. The zero-order valence-electron chi connectivity index (χ0n) is 14.7. The van der Waals surface area contributed by atoms with Crippen LogP contribution in [-0.4, -0.2) is 54.7 Å². The van der Waals surface area contributed by atoms with Gasteiger partial charge in [0.1, 0.15) is 6.10 Å². The Morgan fingerprint density at radius 1 is 1.40 bits per heavy atom. The van der Waals surface area contributed by atoms with Crippen LogP contribution in [0.15, 0.2) is 17.1 Å². The van der Waals surface area contributed by atoms with Crippen molar-refractivity contribution in [2.75, 3.05) is 20.6 Å². The number of rotatable bonds is 4. The van der Waals surface area contributed by atoms with Crippen molar-refractivity contribution in [3.8, 4) is 0 Å². The van der Waals surface area contributed by atoms with Gasteiger partial charge in [-0.1, -0.05) is 18.0 Å². The Hall–Kier alpha value is -0.0900. The maximum atomic E-state index is 10.2. The lowest BCUT2D eigenvalue weighted by Gasteiger charge is -2.47. The van der Waals surface area contributed by atoms with E-state index in [9.17, 15) is 5.11 Å². The highest BCUT2D eigenvalue weighted by atomic mass is 127. The Balaban J connectivity index is 0.00000225. The first-order valence-electron chi connectivity index (χ1n) is 8.69. The van der Waals surface area contributed by atoms with Crippen LogP contribution in [0.1, 0.15) is 43.1 Å². The van der Waals surface area contributed by atoms with Crippen LogP contribution < -0.4 is 10.6 Å². The fraction of sp³-hybridized carbons (Fsp3) is 0.706. The molecule has 3 N–H and O–H groups in total. The van der Waals surface area contributed by atoms with Crippen molar-refractivity contribution >= 4 is 52.9 Å². The van der Waals surface area contributed by atoms with E-state index < -0.39 is 6.10 Å². The number of aliphatic hydroxyl groups excluding tert-OH is 1. The molecule has 2 aliphatic heterocycles. The molecule has 0 aromatic carbocycles. The monoisotopic (exact) mass is 498 g/mol. The number of hydrogen-bond donors (Lipinski definition) is 3. The highest BCUT2D eigenvalue weighted by molar-refractivity contribution is 14.0. The van der Waals surface area contributed by atoms with Gasteiger partial charge in [-0.25, -0.2) is 0 Å². The number of thiophene rings is 1. The minimum atomic E-state index is -0.571. The van der Waals surface area contributed by atoms with Gasteiger partial charge in [-0.2, -0.15) is 0 Å². The van der Waals surface area contributed by atoms with E-state index >= 15 is 0 Å². The second kappa shape index (κ2) is 9.73. The number of guanidine groups is 1. The van der Waals surface area contributed by atoms with Crippen LogP contribution in [0.25, 0.3) is 0 Å². The number of nitrogens with zero attached hydrogens (tertiary/aromatic N) is 2. The van der Waals surface area contributed by atoms with Gasteiger partial charge < -0.3 is 20.6 Å². The van der Waals surface area contributed by atoms with Crippen molar-refractivity contribution in [2.24, 2.45) is 4.99 Å². The lowest BCUT2D eigenvalue weighted by atomic mass is 9.82. The second-order valence-electron chi connectivity index (χ2n) is 6.83. The summed E-state index contributed by atoms with van der Waals surface area (Å²) in [6.45, 7) is 0.427. The van der Waals surface area contributed by atoms with Gasteiger partial charge in [0, 0.05) is 36.6 Å². The summed E-state index contributed by atoms with van der Waals surface area (Å²) in [5, 5.41) is 17.0. The number of nitrogens with one attached hydrogen (secondary N) is 2. The van der Waals surface area contributed by atoms with Crippen molar-refractivity contribution in [1.29, 1.82) is 0 Å². The predicted molar refractivity (Wildman–Crippen MR) is 116 cm³/mol. The van der Waals surface area contributed by atoms with Crippen LogP contribution in [0.2, 0.25) is 4.34 Å². The fourth-order valence-electron chi connectivity index (χ4n) is 3.92. The predicted octanol–water partition coefficient (Wildman–Crippen LogP) is 3.23. The highest BCUT2D eigenvalue weighted by Gasteiger charge is 2.36. The smallest absolute Gasteiger partial charge is 0.191 e. The average molecular weight is 499 g/mol. The number of piperidine rings is 2. The molecule has 2 saturated heterocycles. The molecule has 0 radical (unpaired) electrons. The molecule has 5 nitrogen and oxygen atoms in total. The molecule has 3 unspecified atom stereocenters. The third-order valence-corrected chi connectivity index (χ3v) is 6.62. The van der Waals surface area contributed by atoms with Crippen molar-refractivity contribution in [1.82, 2.24) is 15.5 Å². The van der Waals surface area contributed by atoms with Crippen LogP contribution in [0, 0.1) is 0 Å². The normalized spacial score (nSPS) is 28.2. The topological polar surface area (TPSA) is 59.9 Å². The average Bonchev–Trinajstić information content (AvgIpc) is 2.98. The van der Waals surface area contributed by atoms with E-state index in [-0.39, 0.29) is 24.0 Å². The fourth-order valence-corrected chi connectivity index (χ4v) is 4.97. The number of fused-ring (bicyclic) bond motifs is 2. The van der Waals surface area contributed by atoms with E-state index in [2.05, 4.69) is 27.6 Å². The molecule has 2 fully saturated rings. The summed E-state index contributed by atoms with van der Waals surface area (Å²) >= 11 is 7.34. The molecule has 3 atom stereocenters. The molecule has 0 aliphatic carbocycles. The molecule has 3 heterocycles. The quantitative estimate of drug-likeness (QED) is 0.339. The molecule has 1 aromatic rings. The number of aliphatic hydroxyl groups is 1. The molecule has 0 saturated carbocycles. The maximum absolute atomic E-state index is 10.2. The van der Waals surface area contributed by atoms with Crippen LogP contribution >= 0.6 is 46.9 Å². The largest absolute Gasteiger partial charge is 0.386 e. The van der Waals surface area contributed by atoms with Crippen molar-refractivity contribution < 1.29 is 5.11 Å². The highest BCUT2D eigenvalue weighted by Crippen LogP contribution is 2.32. The van der Waals surface area contributed by atoms with Gasteiger partial charge in [-0.3, -0.25) is 4.99 Å². The Kier molecular flexibility index (Phi) is 8.26. The summed E-state index contributed by atoms with van der Waals surface area (Å²) in [5.41, 5.74) is 0. The summed E-state index contributed by atoms with van der Waals surface area (Å²) in [4.78, 5) is 7.74. The number of hydrogen-bond acceptors (Lipinski definition) is 4. The first-order chi connectivity index (χ1) is 11.6. The summed E-state index contributed by atoms with van der Waals surface area (Å²) in [6.07, 6.45) is 5.71. The van der Waals surface area contributed by atoms with Gasteiger partial charge in [0.2, 0.25) is 0 Å². The Bertz CT molecular complexity index is 571. The van der Waals surface area contributed by atoms with Crippen molar-refractivity contribution in [2.45, 2.75) is 56.3 Å². The SMILES string of the molecule is CN=C(NCC(O)c1ccc(Cl)s1)NC1CC2CCCC(C1)N2C.I. The molecule has 2 bridgehead atoms. The summed E-state index contributed by atoms with van der Waals surface area (Å²) in [6, 6.07) is 5.51. The van der Waals surface area contributed by atoms with E-state index in [4.69, 9.17) is 11.6 Å². The maximum Gasteiger partial charge on any atom is 0.191 e. The minimum Gasteiger partial charge on any atom is -0.386 e. The molecular formula is C17H28ClIN4OS. The van der Waals surface area contributed by atoms with Crippen LogP contribution in [0.3, 0.4) is 0 Å². The van der Waals surface area contributed by atoms with Crippen LogP contribution in [-0.2, 0) is 0 Å². The molecule has 142 valence electrons. The molecule has 25 heavy (non-hydrogen) atoms. The van der Waals surface area contributed by atoms with Gasteiger partial charge in [0.15, 0.2) is 5.96 Å². The lowest BCUT2D eigenvalue weighted by Crippen LogP contribution is -2.56. The van der Waals surface area contributed by atoms with Gasteiger partial charge >= 0.3 is 0 Å². The Morgan fingerprint density at radius 3 is 2.64 bits per heavy atom. The van der Waals surface area contributed by atoms with E-state index in [0.717, 1.165) is 23.7 Å². The third kappa shape index (κ3) is 5.45. The van der Waals surface area contributed by atoms with Crippen LogP contribution in [0.5, 0.6) is 0 Å². The second-order valence-corrected chi connectivity index (χ2v) is 8.57. The van der Waals surface area contributed by atoms with Gasteiger partial charge in [-0.05, 0) is 44.9 Å². The minimum absolute atomic E-state index is 0. The summed E-state index contributed by atoms with van der Waals surface area (Å²) in [5.74, 6) is 0.768. The van der Waals surface area contributed by atoms with Gasteiger partial charge in [0.25, 0.3) is 0 Å². The molecule has 0 spiro atoms. The van der Waals surface area contributed by atoms with E-state index in [1.165, 1.54) is 30.6 Å². The Labute approximate surface area is 176 Å². The summed E-state index contributed by atoms with van der Waals surface area (Å²) < 4.78 is 0.699. The molecule has 2 aliphatic rings. The zero-order chi connectivity index (χ0) is 17.1. The Morgan fingerprint density at radius 2 is 2.08 bits per heavy atom. The van der Waals surface area contributed by atoms with E-state index in [1.54, 1.807) is 7.05 Å². The number of aliphatic imine (C=N–C) groups is 1. The zero-order valence-corrected chi connectivity index (χ0v) is 18.6. The molecule has 8 heteroatoms. The molecule has 3 rings (SSSR count). The van der Waals surface area contributed by atoms with E-state index in [0.29, 0.717) is 29.0 Å². The molecule has 0 amide bonds. The van der Waals surface area contributed by atoms with Crippen molar-refractivity contribution in [3.63, 3.8) is 0 Å². The van der Waals surface area contributed by atoms with Crippen LogP contribution in [0.4, 0.5) is 0 Å². The summed E-state index contributed by atoms with van der Waals surface area (Å²) in [7, 11) is 4.04. The third-order valence-electron chi connectivity index (χ3n) is 5.29.